The van der Waals surface area contributed by atoms with Crippen molar-refractivity contribution in [3.8, 4) is 17.2 Å². The predicted molar refractivity (Wildman–Crippen MR) is 112 cm³/mol. The topological polar surface area (TPSA) is 84.4 Å². The molecular formula is C21H32N4O4. The van der Waals surface area contributed by atoms with Gasteiger partial charge in [0, 0.05) is 26.7 Å². The van der Waals surface area contributed by atoms with Gasteiger partial charge in [0.05, 0.1) is 18.5 Å². The smallest absolute Gasteiger partial charge is 0.231 e. The Balaban J connectivity index is 1.52. The van der Waals surface area contributed by atoms with E-state index in [0.29, 0.717) is 31.4 Å². The summed E-state index contributed by atoms with van der Waals surface area (Å²) in [5.41, 5.74) is -0.366. The van der Waals surface area contributed by atoms with Gasteiger partial charge in [-0.1, -0.05) is 12.8 Å². The van der Waals surface area contributed by atoms with Gasteiger partial charge in [-0.05, 0) is 31.9 Å². The second-order valence-corrected chi connectivity index (χ2v) is 7.67. The number of nitrogens with one attached hydrogen (secondary N) is 2. The summed E-state index contributed by atoms with van der Waals surface area (Å²) < 4.78 is 16.5. The molecule has 2 aliphatic rings. The van der Waals surface area contributed by atoms with Crippen LogP contribution in [0, 0.1) is 5.41 Å². The number of nitrogens with zero attached hydrogens (tertiary/aromatic N) is 2. The highest BCUT2D eigenvalue weighted by Crippen LogP contribution is 2.39. The zero-order chi connectivity index (χ0) is 20.7. The number of hydrogen-bond donors (Lipinski definition) is 2. The van der Waals surface area contributed by atoms with Crippen LogP contribution in [0.3, 0.4) is 0 Å². The van der Waals surface area contributed by atoms with Crippen molar-refractivity contribution in [2.45, 2.75) is 32.6 Å². The van der Waals surface area contributed by atoms with Crippen molar-refractivity contribution in [1.29, 1.82) is 0 Å². The number of hydrogen-bond acceptors (Lipinski definition) is 5. The minimum Gasteiger partial charge on any atom is -0.492 e. The quantitative estimate of drug-likeness (QED) is 0.392. The summed E-state index contributed by atoms with van der Waals surface area (Å²) in [6.07, 6.45) is 3.98. The molecule has 0 radical (unpaired) electrons. The van der Waals surface area contributed by atoms with Gasteiger partial charge in [0.15, 0.2) is 17.5 Å². The number of ether oxygens (including phenoxy) is 3. The lowest BCUT2D eigenvalue weighted by molar-refractivity contribution is -0.138. The molecule has 2 N–H and O–H groups in total. The highest BCUT2D eigenvalue weighted by molar-refractivity contribution is 5.84. The van der Waals surface area contributed by atoms with Gasteiger partial charge >= 0.3 is 0 Å². The summed E-state index contributed by atoms with van der Waals surface area (Å²) in [5, 5.41) is 6.53. The van der Waals surface area contributed by atoms with Crippen LogP contribution in [0.2, 0.25) is 0 Å². The van der Waals surface area contributed by atoms with Crippen LogP contribution >= 0.6 is 0 Å². The average Bonchev–Trinajstić information content (AvgIpc) is 3.38. The van der Waals surface area contributed by atoms with Crippen LogP contribution in [-0.4, -0.2) is 63.9 Å². The van der Waals surface area contributed by atoms with Crippen molar-refractivity contribution in [3.05, 3.63) is 18.2 Å². The van der Waals surface area contributed by atoms with E-state index in [1.165, 1.54) is 0 Å². The molecule has 29 heavy (non-hydrogen) atoms. The molecule has 1 amide bonds. The summed E-state index contributed by atoms with van der Waals surface area (Å²) in [7, 11) is 3.64. The summed E-state index contributed by atoms with van der Waals surface area (Å²) in [6, 6.07) is 5.54. The molecule has 0 aromatic heterocycles. The van der Waals surface area contributed by atoms with Gasteiger partial charge in [0.25, 0.3) is 0 Å². The first kappa shape index (κ1) is 21.1. The van der Waals surface area contributed by atoms with Gasteiger partial charge < -0.3 is 29.7 Å². The Bertz CT molecular complexity index is 729. The molecule has 1 fully saturated rings. The SMILES string of the molecule is CCNC(=NCC1(C(=O)N(C)C)CCCC1)NCCOc1ccc2c(c1)OCO2. The molecule has 1 aromatic rings. The van der Waals surface area contributed by atoms with Gasteiger partial charge in [0.1, 0.15) is 12.4 Å². The molecule has 1 aliphatic carbocycles. The number of guanidine groups is 1. The molecule has 8 nitrogen and oxygen atoms in total. The fraction of sp³-hybridized carbons (Fsp3) is 0.619. The Hall–Kier alpha value is -2.64. The van der Waals surface area contributed by atoms with Crippen LogP contribution in [0.25, 0.3) is 0 Å². The van der Waals surface area contributed by atoms with Crippen LogP contribution in [0.5, 0.6) is 17.2 Å². The predicted octanol–water partition coefficient (Wildman–Crippen LogP) is 2.00. The van der Waals surface area contributed by atoms with Crippen molar-refractivity contribution < 1.29 is 19.0 Å². The molecule has 0 saturated heterocycles. The summed E-state index contributed by atoms with van der Waals surface area (Å²) in [4.78, 5) is 19.1. The van der Waals surface area contributed by atoms with E-state index in [4.69, 9.17) is 19.2 Å². The lowest BCUT2D eigenvalue weighted by Crippen LogP contribution is -2.43. The monoisotopic (exact) mass is 404 g/mol. The molecule has 8 heteroatoms. The first-order chi connectivity index (χ1) is 14.0. The molecule has 1 aliphatic heterocycles. The molecule has 0 spiro atoms. The maximum Gasteiger partial charge on any atom is 0.231 e. The summed E-state index contributed by atoms with van der Waals surface area (Å²) in [6.45, 7) is 4.60. The number of fused-ring (bicyclic) bond motifs is 1. The van der Waals surface area contributed by atoms with Crippen molar-refractivity contribution in [3.63, 3.8) is 0 Å². The van der Waals surface area contributed by atoms with E-state index in [9.17, 15) is 4.79 Å². The second kappa shape index (κ2) is 9.71. The highest BCUT2D eigenvalue weighted by Gasteiger charge is 2.42. The Kier molecular flexibility index (Phi) is 7.06. The molecule has 0 atom stereocenters. The molecule has 0 unspecified atom stereocenters. The van der Waals surface area contributed by atoms with Crippen LogP contribution in [0.15, 0.2) is 23.2 Å². The van der Waals surface area contributed by atoms with Gasteiger partial charge in [-0.2, -0.15) is 0 Å². The lowest BCUT2D eigenvalue weighted by atomic mass is 9.85. The van der Waals surface area contributed by atoms with Crippen LogP contribution < -0.4 is 24.8 Å². The first-order valence-corrected chi connectivity index (χ1v) is 10.3. The zero-order valence-electron chi connectivity index (χ0n) is 17.6. The average molecular weight is 405 g/mol. The number of aliphatic imine (C=N–C) groups is 1. The maximum atomic E-state index is 12.7. The van der Waals surface area contributed by atoms with E-state index in [-0.39, 0.29) is 18.1 Å². The van der Waals surface area contributed by atoms with Gasteiger partial charge in [-0.3, -0.25) is 9.79 Å². The van der Waals surface area contributed by atoms with Crippen LogP contribution in [-0.2, 0) is 4.79 Å². The number of benzene rings is 1. The van der Waals surface area contributed by atoms with E-state index in [2.05, 4.69) is 10.6 Å². The third kappa shape index (κ3) is 5.25. The molecule has 3 rings (SSSR count). The summed E-state index contributed by atoms with van der Waals surface area (Å²) in [5.74, 6) is 3.07. The molecule has 1 heterocycles. The van der Waals surface area contributed by atoms with Crippen molar-refractivity contribution in [1.82, 2.24) is 15.5 Å². The van der Waals surface area contributed by atoms with Gasteiger partial charge in [-0.15, -0.1) is 0 Å². The lowest BCUT2D eigenvalue weighted by Gasteiger charge is -2.29. The minimum absolute atomic E-state index is 0.181. The highest BCUT2D eigenvalue weighted by atomic mass is 16.7. The van der Waals surface area contributed by atoms with Gasteiger partial charge in [-0.25, -0.2) is 0 Å². The van der Waals surface area contributed by atoms with E-state index in [0.717, 1.165) is 43.7 Å². The number of amides is 1. The van der Waals surface area contributed by atoms with E-state index >= 15 is 0 Å². The fourth-order valence-electron chi connectivity index (χ4n) is 3.84. The Morgan fingerprint density at radius 3 is 2.69 bits per heavy atom. The fourth-order valence-corrected chi connectivity index (χ4v) is 3.84. The van der Waals surface area contributed by atoms with Crippen molar-refractivity contribution in [2.75, 3.05) is 47.1 Å². The third-order valence-corrected chi connectivity index (χ3v) is 5.31. The van der Waals surface area contributed by atoms with E-state index in [1.807, 2.05) is 39.2 Å². The van der Waals surface area contributed by atoms with Crippen LogP contribution in [0.1, 0.15) is 32.6 Å². The van der Waals surface area contributed by atoms with Crippen LogP contribution in [0.4, 0.5) is 0 Å². The molecule has 1 saturated carbocycles. The van der Waals surface area contributed by atoms with E-state index < -0.39 is 0 Å². The maximum absolute atomic E-state index is 12.7. The summed E-state index contributed by atoms with van der Waals surface area (Å²) >= 11 is 0. The largest absolute Gasteiger partial charge is 0.492 e. The Labute approximate surface area is 172 Å². The molecule has 0 bridgehead atoms. The normalized spacial score (nSPS) is 17.1. The molecular weight excluding hydrogens is 372 g/mol. The molecule has 160 valence electrons. The number of carbonyl (C=O) groups is 1. The Morgan fingerprint density at radius 2 is 1.97 bits per heavy atom. The second-order valence-electron chi connectivity index (χ2n) is 7.67. The number of rotatable bonds is 8. The third-order valence-electron chi connectivity index (χ3n) is 5.31. The van der Waals surface area contributed by atoms with Gasteiger partial charge in [0.2, 0.25) is 12.7 Å². The zero-order valence-corrected chi connectivity index (χ0v) is 17.6. The minimum atomic E-state index is -0.366. The van der Waals surface area contributed by atoms with E-state index in [1.54, 1.807) is 4.90 Å². The molecule has 1 aromatic carbocycles. The number of carbonyl (C=O) groups excluding carboxylic acids is 1. The van der Waals surface area contributed by atoms with Crippen molar-refractivity contribution in [2.24, 2.45) is 10.4 Å². The standard InChI is InChI=1S/C21H32N4O4/c1-4-22-20(24-14-21(9-5-6-10-21)19(26)25(2)3)23-11-12-27-16-7-8-17-18(13-16)29-15-28-17/h7-8,13H,4-6,9-12,14-15H2,1-3H3,(H2,22,23,24). The Morgan fingerprint density at radius 1 is 1.21 bits per heavy atom. The van der Waals surface area contributed by atoms with Crippen molar-refractivity contribution >= 4 is 11.9 Å². The first-order valence-electron chi connectivity index (χ1n) is 10.3.